The van der Waals surface area contributed by atoms with Crippen molar-refractivity contribution in [2.45, 2.75) is 12.5 Å². The maximum absolute atomic E-state index is 13.3. The highest BCUT2D eigenvalue weighted by molar-refractivity contribution is 5.78. The van der Waals surface area contributed by atoms with Crippen LogP contribution < -0.4 is 11.1 Å². The standard InChI is InChI=1S/C12H17FN2O2/c1-17-8-10(7-14)15-12(16)6-9-4-2-3-5-11(9)13/h2-5,10H,6-8,14H2,1H3,(H,15,16). The quantitative estimate of drug-likeness (QED) is 0.759. The number of methoxy groups -OCH3 is 1. The van der Waals surface area contributed by atoms with Gasteiger partial charge < -0.3 is 15.8 Å². The summed E-state index contributed by atoms with van der Waals surface area (Å²) in [5.74, 6) is -0.638. The summed E-state index contributed by atoms with van der Waals surface area (Å²) in [6, 6.07) is 5.96. The molecule has 0 bridgehead atoms. The fourth-order valence-corrected chi connectivity index (χ4v) is 1.46. The van der Waals surface area contributed by atoms with Crippen molar-refractivity contribution >= 4 is 5.91 Å². The first kappa shape index (κ1) is 13.6. The molecular weight excluding hydrogens is 223 g/mol. The van der Waals surface area contributed by atoms with Gasteiger partial charge in [-0.2, -0.15) is 0 Å². The number of hydrogen-bond donors (Lipinski definition) is 2. The molecule has 0 fully saturated rings. The monoisotopic (exact) mass is 240 g/mol. The first-order valence-corrected chi connectivity index (χ1v) is 5.39. The van der Waals surface area contributed by atoms with E-state index >= 15 is 0 Å². The van der Waals surface area contributed by atoms with Crippen LogP contribution in [0.1, 0.15) is 5.56 Å². The van der Waals surface area contributed by atoms with Crippen molar-refractivity contribution in [3.8, 4) is 0 Å². The van der Waals surface area contributed by atoms with Gasteiger partial charge in [-0.1, -0.05) is 18.2 Å². The smallest absolute Gasteiger partial charge is 0.224 e. The molecule has 1 rings (SSSR count). The maximum atomic E-state index is 13.3. The highest BCUT2D eigenvalue weighted by atomic mass is 19.1. The first-order valence-electron chi connectivity index (χ1n) is 5.39. The number of benzene rings is 1. The van der Waals surface area contributed by atoms with Crippen LogP contribution in [0.25, 0.3) is 0 Å². The fourth-order valence-electron chi connectivity index (χ4n) is 1.46. The number of hydrogen-bond acceptors (Lipinski definition) is 3. The summed E-state index contributed by atoms with van der Waals surface area (Å²) in [6.07, 6.45) is 0.00683. The van der Waals surface area contributed by atoms with Crippen LogP contribution in [0.4, 0.5) is 4.39 Å². The van der Waals surface area contributed by atoms with Crippen LogP contribution in [0, 0.1) is 5.82 Å². The van der Waals surface area contributed by atoms with Gasteiger partial charge in [0.1, 0.15) is 5.82 Å². The minimum atomic E-state index is -0.376. The molecule has 94 valence electrons. The van der Waals surface area contributed by atoms with Crippen molar-refractivity contribution in [2.24, 2.45) is 5.73 Å². The summed E-state index contributed by atoms with van der Waals surface area (Å²) in [7, 11) is 1.53. The van der Waals surface area contributed by atoms with Gasteiger partial charge in [-0.05, 0) is 11.6 Å². The number of carbonyl (C=O) groups is 1. The van der Waals surface area contributed by atoms with Crippen molar-refractivity contribution in [3.05, 3.63) is 35.6 Å². The Kier molecular flexibility index (Phi) is 5.59. The minimum Gasteiger partial charge on any atom is -0.383 e. The lowest BCUT2D eigenvalue weighted by atomic mass is 10.1. The van der Waals surface area contributed by atoms with E-state index < -0.39 is 0 Å². The Morgan fingerprint density at radius 3 is 2.82 bits per heavy atom. The Morgan fingerprint density at radius 1 is 1.53 bits per heavy atom. The van der Waals surface area contributed by atoms with Crippen LogP contribution in [0.5, 0.6) is 0 Å². The molecule has 5 heteroatoms. The molecule has 0 saturated heterocycles. The highest BCUT2D eigenvalue weighted by Crippen LogP contribution is 2.06. The summed E-state index contributed by atoms with van der Waals surface area (Å²) in [6.45, 7) is 0.635. The summed E-state index contributed by atoms with van der Waals surface area (Å²) in [4.78, 5) is 11.6. The lowest BCUT2D eigenvalue weighted by Gasteiger charge is -2.15. The molecule has 17 heavy (non-hydrogen) atoms. The van der Waals surface area contributed by atoms with E-state index in [4.69, 9.17) is 10.5 Å². The molecular formula is C12H17FN2O2. The van der Waals surface area contributed by atoms with E-state index in [2.05, 4.69) is 5.32 Å². The fraction of sp³-hybridized carbons (Fsp3) is 0.417. The number of carbonyl (C=O) groups excluding carboxylic acids is 1. The van der Waals surface area contributed by atoms with Crippen LogP contribution in [0.3, 0.4) is 0 Å². The molecule has 0 saturated carbocycles. The molecule has 0 aromatic heterocycles. The Balaban J connectivity index is 2.52. The van der Waals surface area contributed by atoms with E-state index in [0.29, 0.717) is 12.2 Å². The number of amides is 1. The third-order valence-corrected chi connectivity index (χ3v) is 2.33. The van der Waals surface area contributed by atoms with E-state index in [1.165, 1.54) is 13.2 Å². The normalized spacial score (nSPS) is 12.2. The van der Waals surface area contributed by atoms with Crippen molar-refractivity contribution < 1.29 is 13.9 Å². The van der Waals surface area contributed by atoms with Crippen molar-refractivity contribution in [2.75, 3.05) is 20.3 Å². The van der Waals surface area contributed by atoms with Gasteiger partial charge in [0.15, 0.2) is 0 Å². The molecule has 0 aliphatic rings. The third-order valence-electron chi connectivity index (χ3n) is 2.33. The lowest BCUT2D eigenvalue weighted by molar-refractivity contribution is -0.121. The average molecular weight is 240 g/mol. The Morgan fingerprint density at radius 2 is 2.24 bits per heavy atom. The molecule has 0 spiro atoms. The molecule has 0 heterocycles. The van der Waals surface area contributed by atoms with Crippen LogP contribution in [0.2, 0.25) is 0 Å². The molecule has 0 radical (unpaired) electrons. The first-order chi connectivity index (χ1) is 8.17. The molecule has 1 amide bonds. The SMILES string of the molecule is COCC(CN)NC(=O)Cc1ccccc1F. The molecule has 4 nitrogen and oxygen atoms in total. The van der Waals surface area contributed by atoms with Gasteiger partial charge in [0.05, 0.1) is 19.1 Å². The number of nitrogens with two attached hydrogens (primary N) is 1. The minimum absolute atomic E-state index is 0.00683. The molecule has 1 unspecified atom stereocenters. The summed E-state index contributed by atoms with van der Waals surface area (Å²) >= 11 is 0. The van der Waals surface area contributed by atoms with Crippen molar-refractivity contribution in [1.82, 2.24) is 5.32 Å². The van der Waals surface area contributed by atoms with Crippen molar-refractivity contribution in [1.29, 1.82) is 0 Å². The Bertz CT molecular complexity index is 371. The molecule has 0 aliphatic carbocycles. The summed E-state index contributed by atoms with van der Waals surface area (Å²) < 4.78 is 18.2. The van der Waals surface area contributed by atoms with Crippen molar-refractivity contribution in [3.63, 3.8) is 0 Å². The van der Waals surface area contributed by atoms with E-state index in [1.54, 1.807) is 18.2 Å². The zero-order valence-corrected chi connectivity index (χ0v) is 9.78. The number of ether oxygens (including phenoxy) is 1. The average Bonchev–Trinajstić information content (AvgIpc) is 2.31. The van der Waals surface area contributed by atoms with Gasteiger partial charge in [0.2, 0.25) is 5.91 Å². The van der Waals surface area contributed by atoms with E-state index in [1.807, 2.05) is 0 Å². The van der Waals surface area contributed by atoms with Gasteiger partial charge in [-0.25, -0.2) is 4.39 Å². The molecule has 0 aliphatic heterocycles. The predicted octanol–water partition coefficient (Wildman–Crippen LogP) is 0.458. The number of halogens is 1. The molecule has 3 N–H and O–H groups in total. The lowest BCUT2D eigenvalue weighted by Crippen LogP contribution is -2.43. The second kappa shape index (κ2) is 6.98. The summed E-state index contributed by atoms with van der Waals surface area (Å²) in [5.41, 5.74) is 5.83. The van der Waals surface area contributed by atoms with Gasteiger partial charge in [0, 0.05) is 13.7 Å². The molecule has 1 aromatic rings. The molecule has 1 atom stereocenters. The van der Waals surface area contributed by atoms with Gasteiger partial charge in [-0.15, -0.1) is 0 Å². The van der Waals surface area contributed by atoms with Crippen LogP contribution in [0.15, 0.2) is 24.3 Å². The zero-order valence-electron chi connectivity index (χ0n) is 9.78. The Hall–Kier alpha value is -1.46. The van der Waals surface area contributed by atoms with Gasteiger partial charge >= 0.3 is 0 Å². The number of nitrogens with one attached hydrogen (secondary N) is 1. The van der Waals surface area contributed by atoms with Crippen LogP contribution in [-0.4, -0.2) is 32.2 Å². The van der Waals surface area contributed by atoms with E-state index in [0.717, 1.165) is 0 Å². The maximum Gasteiger partial charge on any atom is 0.224 e. The highest BCUT2D eigenvalue weighted by Gasteiger charge is 2.12. The summed E-state index contributed by atoms with van der Waals surface area (Å²) in [5, 5.41) is 2.69. The van der Waals surface area contributed by atoms with E-state index in [9.17, 15) is 9.18 Å². The van der Waals surface area contributed by atoms with Gasteiger partial charge in [0.25, 0.3) is 0 Å². The topological polar surface area (TPSA) is 64.3 Å². The van der Waals surface area contributed by atoms with E-state index in [-0.39, 0.29) is 30.7 Å². The van der Waals surface area contributed by atoms with Crippen LogP contribution in [-0.2, 0) is 16.0 Å². The predicted molar refractivity (Wildman–Crippen MR) is 63.0 cm³/mol. The van der Waals surface area contributed by atoms with Gasteiger partial charge in [-0.3, -0.25) is 4.79 Å². The second-order valence-electron chi connectivity index (χ2n) is 3.72. The second-order valence-corrected chi connectivity index (χ2v) is 3.72. The largest absolute Gasteiger partial charge is 0.383 e. The third kappa shape index (κ3) is 4.50. The Labute approximate surface area is 100.0 Å². The number of rotatable bonds is 6. The zero-order chi connectivity index (χ0) is 12.7. The molecule has 1 aromatic carbocycles. The van der Waals surface area contributed by atoms with Crippen LogP contribution >= 0.6 is 0 Å².